The number of thiazole rings is 1. The van der Waals surface area contributed by atoms with Gasteiger partial charge in [0.05, 0.1) is 24.6 Å². The number of thioether (sulfide) groups is 1. The summed E-state index contributed by atoms with van der Waals surface area (Å²) in [4.78, 5) is 32.7. The molecule has 0 radical (unpaired) electrons. The van der Waals surface area contributed by atoms with Crippen molar-refractivity contribution in [2.24, 2.45) is 0 Å². The van der Waals surface area contributed by atoms with E-state index in [-0.39, 0.29) is 30.5 Å². The Balaban J connectivity index is 1.75. The molecule has 2 aromatic heterocycles. The van der Waals surface area contributed by atoms with Crippen molar-refractivity contribution in [3.8, 4) is 0 Å². The average Bonchev–Trinajstić information content (AvgIpc) is 3.00. The second kappa shape index (κ2) is 8.11. The van der Waals surface area contributed by atoms with Gasteiger partial charge in [0.2, 0.25) is 5.91 Å². The summed E-state index contributed by atoms with van der Waals surface area (Å²) in [7, 11) is 0. The number of aryl methyl sites for hydroxylation is 1. The van der Waals surface area contributed by atoms with E-state index in [1.54, 1.807) is 4.57 Å². The summed E-state index contributed by atoms with van der Waals surface area (Å²) in [5.41, 5.74) is 2.52. The van der Waals surface area contributed by atoms with Gasteiger partial charge in [-0.25, -0.2) is 9.78 Å². The van der Waals surface area contributed by atoms with Crippen LogP contribution in [0.15, 0.2) is 15.2 Å². The molecule has 0 aromatic carbocycles. The van der Waals surface area contributed by atoms with Gasteiger partial charge in [0, 0.05) is 16.6 Å². The molecule has 0 saturated carbocycles. The second-order valence-electron chi connectivity index (χ2n) is 5.84. The lowest BCUT2D eigenvalue weighted by atomic mass is 9.97. The first-order chi connectivity index (χ1) is 12.1. The quantitative estimate of drug-likeness (QED) is 0.584. The van der Waals surface area contributed by atoms with Crippen LogP contribution in [0.25, 0.3) is 0 Å². The maximum Gasteiger partial charge on any atom is 0.348 e. The zero-order valence-electron chi connectivity index (χ0n) is 13.9. The molecule has 134 valence electrons. The number of rotatable bonds is 6. The molecule has 1 amide bonds. The summed E-state index contributed by atoms with van der Waals surface area (Å²) in [6, 6.07) is 0. The molecule has 2 aromatic rings. The highest BCUT2D eigenvalue weighted by Gasteiger charge is 2.21. The summed E-state index contributed by atoms with van der Waals surface area (Å²) >= 11 is 2.68. The normalized spacial score (nSPS) is 13.5. The third kappa shape index (κ3) is 4.28. The molecule has 0 aliphatic heterocycles. The van der Waals surface area contributed by atoms with Gasteiger partial charge in [0.15, 0.2) is 5.13 Å². The Bertz CT molecular complexity index is 831. The molecule has 2 heterocycles. The number of nitrogens with one attached hydrogen (secondary N) is 1. The van der Waals surface area contributed by atoms with Gasteiger partial charge < -0.3 is 10.4 Å². The summed E-state index contributed by atoms with van der Waals surface area (Å²) in [5.74, 6) is 0.0203. The monoisotopic (exact) mass is 380 g/mol. The van der Waals surface area contributed by atoms with Crippen LogP contribution in [0.5, 0.6) is 0 Å². The van der Waals surface area contributed by atoms with Gasteiger partial charge in [0.25, 0.3) is 0 Å². The number of anilines is 1. The fourth-order valence-corrected chi connectivity index (χ4v) is 4.48. The predicted octanol–water partition coefficient (Wildman–Crippen LogP) is 1.61. The number of aliphatic hydroxyl groups excluding tert-OH is 1. The molecule has 3 rings (SSSR count). The Morgan fingerprint density at radius 3 is 2.92 bits per heavy atom. The zero-order chi connectivity index (χ0) is 17.8. The lowest BCUT2D eigenvalue weighted by Crippen LogP contribution is -2.31. The van der Waals surface area contributed by atoms with Crippen LogP contribution in [-0.4, -0.2) is 37.9 Å². The average molecular weight is 380 g/mol. The fourth-order valence-electron chi connectivity index (χ4n) is 2.90. The topological polar surface area (TPSA) is 97.1 Å². The molecule has 2 N–H and O–H groups in total. The SMILES string of the molecule is Cc1csc(NC(=O)CSc2nc(=O)n(CCO)c3c2CCCC3)n1. The standard InChI is InChI=1S/C16H20N4O3S2/c1-10-8-25-15(17-10)18-13(22)9-24-14-11-4-2-3-5-12(11)20(6-7-21)16(23)19-14/h8,21H,2-7,9H2,1H3,(H,17,18,22). The minimum absolute atomic E-state index is 0.0872. The van der Waals surface area contributed by atoms with Gasteiger partial charge in [-0.2, -0.15) is 4.98 Å². The molecule has 25 heavy (non-hydrogen) atoms. The summed E-state index contributed by atoms with van der Waals surface area (Å²) in [6.07, 6.45) is 3.73. The molecule has 0 spiro atoms. The zero-order valence-corrected chi connectivity index (χ0v) is 15.6. The van der Waals surface area contributed by atoms with Crippen LogP contribution in [0.2, 0.25) is 0 Å². The summed E-state index contributed by atoms with van der Waals surface area (Å²) in [6.45, 7) is 2.05. The van der Waals surface area contributed by atoms with Crippen molar-refractivity contribution in [2.45, 2.75) is 44.2 Å². The van der Waals surface area contributed by atoms with Crippen LogP contribution in [0.3, 0.4) is 0 Å². The van der Waals surface area contributed by atoms with Gasteiger partial charge in [-0.1, -0.05) is 11.8 Å². The van der Waals surface area contributed by atoms with Gasteiger partial charge in [-0.05, 0) is 32.6 Å². The van der Waals surface area contributed by atoms with Crippen LogP contribution >= 0.6 is 23.1 Å². The van der Waals surface area contributed by atoms with E-state index in [2.05, 4.69) is 15.3 Å². The third-order valence-corrected chi connectivity index (χ3v) is 5.87. The smallest absolute Gasteiger partial charge is 0.348 e. The minimum atomic E-state index is -0.354. The molecule has 7 nitrogen and oxygen atoms in total. The van der Waals surface area contributed by atoms with E-state index >= 15 is 0 Å². The molecule has 0 atom stereocenters. The Morgan fingerprint density at radius 1 is 1.40 bits per heavy atom. The van der Waals surface area contributed by atoms with Gasteiger partial charge in [-0.3, -0.25) is 9.36 Å². The molecule has 0 fully saturated rings. The first-order valence-electron chi connectivity index (χ1n) is 8.16. The van der Waals surface area contributed by atoms with Crippen molar-refractivity contribution in [1.82, 2.24) is 14.5 Å². The van der Waals surface area contributed by atoms with Gasteiger partial charge >= 0.3 is 5.69 Å². The van der Waals surface area contributed by atoms with Gasteiger partial charge in [-0.15, -0.1) is 11.3 Å². The maximum absolute atomic E-state index is 12.3. The highest BCUT2D eigenvalue weighted by Crippen LogP contribution is 2.28. The number of fused-ring (bicyclic) bond motifs is 1. The van der Waals surface area contributed by atoms with Crippen molar-refractivity contribution < 1.29 is 9.90 Å². The van der Waals surface area contributed by atoms with E-state index in [1.165, 1.54) is 23.1 Å². The molecule has 0 bridgehead atoms. The maximum atomic E-state index is 12.3. The summed E-state index contributed by atoms with van der Waals surface area (Å²) in [5, 5.41) is 15.0. The number of aliphatic hydroxyl groups is 1. The molecule has 0 saturated heterocycles. The number of aromatic nitrogens is 3. The van der Waals surface area contributed by atoms with Crippen LogP contribution < -0.4 is 11.0 Å². The summed E-state index contributed by atoms with van der Waals surface area (Å²) < 4.78 is 1.57. The number of hydrogen-bond donors (Lipinski definition) is 2. The Kier molecular flexibility index (Phi) is 5.87. The molecule has 0 unspecified atom stereocenters. The van der Waals surface area contributed by atoms with E-state index in [0.29, 0.717) is 10.2 Å². The molecular formula is C16H20N4O3S2. The highest BCUT2D eigenvalue weighted by molar-refractivity contribution is 8.00. The van der Waals surface area contributed by atoms with E-state index in [4.69, 9.17) is 0 Å². The van der Waals surface area contributed by atoms with Crippen LogP contribution in [-0.2, 0) is 24.2 Å². The largest absolute Gasteiger partial charge is 0.395 e. The van der Waals surface area contributed by atoms with Crippen molar-refractivity contribution in [3.05, 3.63) is 32.8 Å². The predicted molar refractivity (Wildman–Crippen MR) is 98.4 cm³/mol. The molecule has 1 aliphatic rings. The van der Waals surface area contributed by atoms with Crippen molar-refractivity contribution >= 4 is 34.1 Å². The second-order valence-corrected chi connectivity index (χ2v) is 7.66. The molecular weight excluding hydrogens is 360 g/mol. The van der Waals surface area contributed by atoms with Crippen molar-refractivity contribution in [2.75, 3.05) is 17.7 Å². The Morgan fingerprint density at radius 2 is 2.20 bits per heavy atom. The lowest BCUT2D eigenvalue weighted by molar-refractivity contribution is -0.113. The lowest BCUT2D eigenvalue weighted by Gasteiger charge is -2.22. The first kappa shape index (κ1) is 18.1. The number of hydrogen-bond acceptors (Lipinski definition) is 7. The Labute approximate surface area is 153 Å². The van der Waals surface area contributed by atoms with Crippen molar-refractivity contribution in [1.29, 1.82) is 0 Å². The highest BCUT2D eigenvalue weighted by atomic mass is 32.2. The minimum Gasteiger partial charge on any atom is -0.395 e. The number of carbonyl (C=O) groups excluding carboxylic acids is 1. The first-order valence-corrected chi connectivity index (χ1v) is 10.0. The third-order valence-electron chi connectivity index (χ3n) is 3.98. The molecule has 1 aliphatic carbocycles. The van der Waals surface area contributed by atoms with Crippen molar-refractivity contribution in [3.63, 3.8) is 0 Å². The number of carbonyl (C=O) groups is 1. The van der Waals surface area contributed by atoms with E-state index in [1.807, 2.05) is 12.3 Å². The van der Waals surface area contributed by atoms with E-state index in [9.17, 15) is 14.7 Å². The van der Waals surface area contributed by atoms with Gasteiger partial charge in [0.1, 0.15) is 5.03 Å². The van der Waals surface area contributed by atoms with Crippen LogP contribution in [0.4, 0.5) is 5.13 Å². The van der Waals surface area contributed by atoms with E-state index < -0.39 is 0 Å². The Hall–Kier alpha value is -1.71. The number of amides is 1. The fraction of sp³-hybridized carbons (Fsp3) is 0.500. The molecule has 9 heteroatoms. The van der Waals surface area contributed by atoms with Crippen LogP contribution in [0, 0.1) is 6.92 Å². The number of nitrogens with zero attached hydrogens (tertiary/aromatic N) is 3. The van der Waals surface area contributed by atoms with Crippen LogP contribution in [0.1, 0.15) is 29.8 Å². The van der Waals surface area contributed by atoms with E-state index in [0.717, 1.165) is 42.6 Å².